The molecule has 1 aromatic rings. The number of amidine groups is 1. The van der Waals surface area contributed by atoms with Gasteiger partial charge in [-0.2, -0.15) is 0 Å². The summed E-state index contributed by atoms with van der Waals surface area (Å²) in [6.45, 7) is 2.69. The highest BCUT2D eigenvalue weighted by Crippen LogP contribution is 2.28. The lowest BCUT2D eigenvalue weighted by atomic mass is 10.1. The fraction of sp³-hybridized carbons (Fsp3) is 0.357. The van der Waals surface area contributed by atoms with Crippen LogP contribution in [0.1, 0.15) is 25.1 Å². The molecule has 0 spiro atoms. The molecule has 2 aliphatic heterocycles. The van der Waals surface area contributed by atoms with E-state index in [1.54, 1.807) is 0 Å². The molecule has 2 heterocycles. The first-order valence-electron chi connectivity index (χ1n) is 6.68. The number of carbonyl (C=O) groups excluding carboxylic acids is 1. The largest absolute Gasteiger partial charge is 0.493 e. The monoisotopic (exact) mass is 272 g/mol. The number of nitrogens with zero attached hydrogens (tertiary/aromatic N) is 2. The number of rotatable bonds is 4. The summed E-state index contributed by atoms with van der Waals surface area (Å²) >= 11 is 0. The van der Waals surface area contributed by atoms with E-state index in [4.69, 9.17) is 4.74 Å². The molecule has 0 bridgehead atoms. The third-order valence-corrected chi connectivity index (χ3v) is 3.17. The summed E-state index contributed by atoms with van der Waals surface area (Å²) in [7, 11) is 0. The van der Waals surface area contributed by atoms with Gasteiger partial charge >= 0.3 is 0 Å². The van der Waals surface area contributed by atoms with Crippen molar-refractivity contribution < 1.29 is 9.53 Å². The highest BCUT2D eigenvalue weighted by molar-refractivity contribution is 6.14. The molecule has 2 N–H and O–H groups in total. The van der Waals surface area contributed by atoms with Crippen LogP contribution < -0.4 is 15.4 Å². The average Bonchev–Trinajstić information content (AvgIpc) is 2.94. The van der Waals surface area contributed by atoms with Crippen LogP contribution in [0.4, 0.5) is 0 Å². The van der Waals surface area contributed by atoms with Crippen molar-refractivity contribution in [1.82, 2.24) is 10.6 Å². The summed E-state index contributed by atoms with van der Waals surface area (Å²) in [6, 6.07) is 7.15. The topological polar surface area (TPSA) is 75.1 Å². The van der Waals surface area contributed by atoms with Gasteiger partial charge in [0.15, 0.2) is 18.0 Å². The van der Waals surface area contributed by atoms with Gasteiger partial charge in [-0.05, 0) is 12.5 Å². The van der Waals surface area contributed by atoms with Crippen molar-refractivity contribution in [2.24, 2.45) is 9.98 Å². The molecule has 1 amide bonds. The van der Waals surface area contributed by atoms with Crippen LogP contribution in [-0.4, -0.2) is 30.7 Å². The number of aliphatic imine (C=N–C) groups is 2. The van der Waals surface area contributed by atoms with Gasteiger partial charge < -0.3 is 15.4 Å². The Morgan fingerprint density at radius 3 is 3.05 bits per heavy atom. The van der Waals surface area contributed by atoms with Gasteiger partial charge in [-0.25, -0.2) is 9.98 Å². The van der Waals surface area contributed by atoms with Crippen LogP contribution in [0.3, 0.4) is 0 Å². The summed E-state index contributed by atoms with van der Waals surface area (Å²) in [6.07, 6.45) is 1.99. The van der Waals surface area contributed by atoms with Crippen LogP contribution in [0.25, 0.3) is 0 Å². The minimum absolute atomic E-state index is 0.122. The molecule has 2 unspecified atom stereocenters. The lowest BCUT2D eigenvalue weighted by Gasteiger charge is -2.25. The number of nitrogens with one attached hydrogen (secondary N) is 2. The second-order valence-corrected chi connectivity index (χ2v) is 4.64. The molecule has 0 aromatic heterocycles. The molecule has 0 radical (unpaired) electrons. The summed E-state index contributed by atoms with van der Waals surface area (Å²) in [5, 5.41) is 5.74. The van der Waals surface area contributed by atoms with Crippen LogP contribution in [0.5, 0.6) is 5.75 Å². The van der Waals surface area contributed by atoms with Crippen LogP contribution >= 0.6 is 0 Å². The van der Waals surface area contributed by atoms with E-state index in [1.165, 1.54) is 6.34 Å². The Morgan fingerprint density at radius 1 is 1.35 bits per heavy atom. The maximum absolute atomic E-state index is 12.0. The van der Waals surface area contributed by atoms with E-state index in [0.29, 0.717) is 12.4 Å². The minimum atomic E-state index is -0.463. The number of hydrogen-bond donors (Lipinski definition) is 2. The molecule has 0 aliphatic carbocycles. The number of hydrogen-bond acceptors (Lipinski definition) is 5. The van der Waals surface area contributed by atoms with Crippen LogP contribution in [0.2, 0.25) is 0 Å². The van der Waals surface area contributed by atoms with Gasteiger partial charge in [0.2, 0.25) is 0 Å². The fourth-order valence-corrected chi connectivity index (χ4v) is 2.21. The SMILES string of the molecule is CCCOc1ccccc1C1N=C2N=CNC2C(=O)N1. The third-order valence-electron chi connectivity index (χ3n) is 3.17. The zero-order chi connectivity index (χ0) is 13.9. The molecular formula is C14H16N4O2. The van der Waals surface area contributed by atoms with Crippen molar-refractivity contribution in [1.29, 1.82) is 0 Å². The van der Waals surface area contributed by atoms with Crippen molar-refractivity contribution in [2.45, 2.75) is 25.6 Å². The zero-order valence-corrected chi connectivity index (χ0v) is 11.2. The number of para-hydroxylation sites is 1. The highest BCUT2D eigenvalue weighted by atomic mass is 16.5. The second kappa shape index (κ2) is 5.32. The van der Waals surface area contributed by atoms with Gasteiger partial charge in [-0.15, -0.1) is 0 Å². The smallest absolute Gasteiger partial charge is 0.252 e. The number of amides is 1. The normalized spacial score (nSPS) is 23.6. The molecule has 6 nitrogen and oxygen atoms in total. The molecule has 0 saturated carbocycles. The summed E-state index contributed by atoms with van der Waals surface area (Å²) in [5.74, 6) is 1.14. The first kappa shape index (κ1) is 12.7. The van der Waals surface area contributed by atoms with Gasteiger partial charge in [0, 0.05) is 5.56 Å². The molecule has 2 atom stereocenters. The Bertz CT molecular complexity index is 582. The summed E-state index contributed by atoms with van der Waals surface area (Å²) < 4.78 is 5.71. The number of fused-ring (bicyclic) bond motifs is 1. The van der Waals surface area contributed by atoms with E-state index in [0.717, 1.165) is 17.7 Å². The van der Waals surface area contributed by atoms with E-state index in [-0.39, 0.29) is 5.91 Å². The van der Waals surface area contributed by atoms with Crippen LogP contribution in [0, 0.1) is 0 Å². The van der Waals surface area contributed by atoms with Crippen molar-refractivity contribution in [3.8, 4) is 5.75 Å². The first-order chi connectivity index (χ1) is 9.79. The van der Waals surface area contributed by atoms with Gasteiger partial charge in [-0.3, -0.25) is 4.79 Å². The van der Waals surface area contributed by atoms with Crippen LogP contribution in [0.15, 0.2) is 34.3 Å². The number of benzene rings is 1. The maximum Gasteiger partial charge on any atom is 0.252 e. The predicted molar refractivity (Wildman–Crippen MR) is 76.0 cm³/mol. The van der Waals surface area contributed by atoms with Crippen molar-refractivity contribution in [2.75, 3.05) is 6.61 Å². The Labute approximate surface area is 117 Å². The lowest BCUT2D eigenvalue weighted by molar-refractivity contribution is -0.122. The van der Waals surface area contributed by atoms with E-state index < -0.39 is 12.2 Å². The standard InChI is InChI=1S/C14H16N4O2/c1-2-7-20-10-6-4-3-5-9(10)12-17-13-11(14(19)18-12)15-8-16-13/h3-6,8,11-12H,2,7H2,1H3,(H,18,19)(H,15,16,17). The molecule has 1 aromatic carbocycles. The van der Waals surface area contributed by atoms with Gasteiger partial charge in [-0.1, -0.05) is 25.1 Å². The van der Waals surface area contributed by atoms with Gasteiger partial charge in [0.1, 0.15) is 5.75 Å². The molecular weight excluding hydrogens is 256 g/mol. The van der Waals surface area contributed by atoms with Crippen molar-refractivity contribution in [3.63, 3.8) is 0 Å². The molecule has 6 heteroatoms. The highest BCUT2D eigenvalue weighted by Gasteiger charge is 2.34. The molecule has 0 fully saturated rings. The number of carbonyl (C=O) groups is 1. The van der Waals surface area contributed by atoms with Crippen LogP contribution in [-0.2, 0) is 4.79 Å². The minimum Gasteiger partial charge on any atom is -0.493 e. The van der Waals surface area contributed by atoms with Gasteiger partial charge in [0.25, 0.3) is 5.91 Å². The van der Waals surface area contributed by atoms with E-state index >= 15 is 0 Å². The van der Waals surface area contributed by atoms with E-state index in [2.05, 4.69) is 27.5 Å². The van der Waals surface area contributed by atoms with Crippen molar-refractivity contribution >= 4 is 18.1 Å². The summed E-state index contributed by atoms with van der Waals surface area (Å²) in [4.78, 5) is 20.6. The van der Waals surface area contributed by atoms with E-state index in [1.807, 2.05) is 24.3 Å². The predicted octanol–water partition coefficient (Wildman–Crippen LogP) is 1.00. The average molecular weight is 272 g/mol. The number of ether oxygens (including phenoxy) is 1. The maximum atomic E-state index is 12.0. The fourth-order valence-electron chi connectivity index (χ4n) is 2.21. The molecule has 20 heavy (non-hydrogen) atoms. The van der Waals surface area contributed by atoms with E-state index in [9.17, 15) is 4.79 Å². The third kappa shape index (κ3) is 2.24. The zero-order valence-electron chi connectivity index (χ0n) is 11.2. The molecule has 0 saturated heterocycles. The first-order valence-corrected chi connectivity index (χ1v) is 6.68. The molecule has 2 aliphatic rings. The second-order valence-electron chi connectivity index (χ2n) is 4.64. The van der Waals surface area contributed by atoms with Crippen molar-refractivity contribution in [3.05, 3.63) is 29.8 Å². The Kier molecular flexibility index (Phi) is 3.37. The molecule has 3 rings (SSSR count). The quantitative estimate of drug-likeness (QED) is 0.858. The molecule has 104 valence electrons. The summed E-state index contributed by atoms with van der Waals surface area (Å²) in [5.41, 5.74) is 0.849. The Balaban J connectivity index is 1.91. The van der Waals surface area contributed by atoms with Gasteiger partial charge in [0.05, 0.1) is 12.9 Å². The Morgan fingerprint density at radius 2 is 2.20 bits per heavy atom. The lowest BCUT2D eigenvalue weighted by Crippen LogP contribution is -2.49. The Hall–Kier alpha value is -2.37.